The summed E-state index contributed by atoms with van der Waals surface area (Å²) in [6.07, 6.45) is 0. The molecule has 0 aromatic carbocycles. The second kappa shape index (κ2) is 9.09. The van der Waals surface area contributed by atoms with Gasteiger partial charge in [-0.2, -0.15) is 0 Å². The number of hydrogen-bond donors (Lipinski definition) is 0. The van der Waals surface area contributed by atoms with E-state index < -0.39 is 0 Å². The molecule has 0 fully saturated rings. The van der Waals surface area contributed by atoms with Crippen molar-refractivity contribution >= 4 is 9.53 Å². The number of allylic oxidation sites excluding steroid dienone is 1. The van der Waals surface area contributed by atoms with Crippen LogP contribution in [0.25, 0.3) is 0 Å². The molecule has 0 atom stereocenters. The van der Waals surface area contributed by atoms with Crippen molar-refractivity contribution in [2.75, 3.05) is 0 Å². The van der Waals surface area contributed by atoms with E-state index >= 15 is 0 Å². The number of halogens is 1. The van der Waals surface area contributed by atoms with Gasteiger partial charge in [0.05, 0.1) is 0 Å². The second-order valence-corrected chi connectivity index (χ2v) is 0.702. The van der Waals surface area contributed by atoms with Gasteiger partial charge in [0.25, 0.3) is 0 Å². The summed E-state index contributed by atoms with van der Waals surface area (Å²) in [5.41, 5.74) is 0. The Morgan fingerprint density at radius 2 is 1.83 bits per heavy atom. The molecule has 0 saturated heterocycles. The molecule has 0 aromatic rings. The molecule has 0 rings (SSSR count). The molecular formula is C3H5ClOPd. The summed E-state index contributed by atoms with van der Waals surface area (Å²) in [7, 11) is 4.49. The zero-order valence-corrected chi connectivity index (χ0v) is 5.62. The molecule has 0 amide bonds. The fourth-order valence-electron chi connectivity index (χ4n) is 0. The quantitative estimate of drug-likeness (QED) is 0.413. The molecule has 0 spiro atoms. The molecular weight excluding hydrogens is 194 g/mol. The van der Waals surface area contributed by atoms with Gasteiger partial charge in [0.2, 0.25) is 0 Å². The fourth-order valence-corrected chi connectivity index (χ4v) is 0. The van der Waals surface area contributed by atoms with Crippen LogP contribution in [-0.4, -0.2) is 0 Å². The van der Waals surface area contributed by atoms with Crippen LogP contribution in [0.15, 0.2) is 12.3 Å². The van der Waals surface area contributed by atoms with Crippen LogP contribution in [0, 0.1) is 0 Å². The van der Waals surface area contributed by atoms with Gasteiger partial charge in [-0.05, 0) is 0 Å². The van der Waals surface area contributed by atoms with Crippen molar-refractivity contribution in [1.82, 2.24) is 0 Å². The Balaban J connectivity index is 0. The van der Waals surface area contributed by atoms with Crippen LogP contribution in [0.3, 0.4) is 0 Å². The molecule has 0 heterocycles. The molecule has 6 heavy (non-hydrogen) atoms. The van der Waals surface area contributed by atoms with E-state index in [-0.39, 0.29) is 5.76 Å². The Kier molecular flexibility index (Phi) is 14.7. The maximum absolute atomic E-state index is 9.33. The van der Waals surface area contributed by atoms with Crippen LogP contribution in [0.1, 0.15) is 6.92 Å². The van der Waals surface area contributed by atoms with Crippen LogP contribution in [0.5, 0.6) is 0 Å². The van der Waals surface area contributed by atoms with Crippen LogP contribution in [0.4, 0.5) is 0 Å². The summed E-state index contributed by atoms with van der Waals surface area (Å²) in [6.45, 7) is 4.42. The SMILES string of the molecule is C=C(C)[O-].[Cl][Pd+]. The van der Waals surface area contributed by atoms with E-state index in [0.717, 1.165) is 0 Å². The van der Waals surface area contributed by atoms with Gasteiger partial charge in [-0.15, -0.1) is 12.3 Å². The summed E-state index contributed by atoms with van der Waals surface area (Å²) in [5.74, 6) is -0.0833. The van der Waals surface area contributed by atoms with Crippen LogP contribution in [-0.2, 0) is 18.2 Å². The van der Waals surface area contributed by atoms with Crippen molar-refractivity contribution < 1.29 is 23.3 Å². The first-order valence-corrected chi connectivity index (χ1v) is 3.18. The van der Waals surface area contributed by atoms with Gasteiger partial charge in [0.1, 0.15) is 0 Å². The fraction of sp³-hybridized carbons (Fsp3) is 0.333. The van der Waals surface area contributed by atoms with Crippen molar-refractivity contribution in [2.24, 2.45) is 0 Å². The van der Waals surface area contributed by atoms with E-state index in [4.69, 9.17) is 0 Å². The Hall–Kier alpha value is 0.492. The topological polar surface area (TPSA) is 23.1 Å². The van der Waals surface area contributed by atoms with E-state index in [2.05, 4.69) is 34.3 Å². The number of rotatable bonds is 0. The Labute approximate surface area is 52.4 Å². The van der Waals surface area contributed by atoms with E-state index in [1.54, 1.807) is 0 Å². The molecule has 1 nitrogen and oxygen atoms in total. The van der Waals surface area contributed by atoms with Gasteiger partial charge in [0, 0.05) is 0 Å². The monoisotopic (exact) mass is 198 g/mol. The third kappa shape index (κ3) is 226. The Bertz CT molecular complexity index is 33.8. The molecule has 0 radical (unpaired) electrons. The summed E-state index contributed by atoms with van der Waals surface area (Å²) in [4.78, 5) is 0. The average Bonchev–Trinajstić information content (AvgIpc) is 1.41. The molecule has 0 aliphatic carbocycles. The van der Waals surface area contributed by atoms with Gasteiger partial charge in [0.15, 0.2) is 0 Å². The third-order valence-electron chi connectivity index (χ3n) is 0. The van der Waals surface area contributed by atoms with Crippen molar-refractivity contribution in [3.63, 3.8) is 0 Å². The molecule has 0 N–H and O–H groups in total. The van der Waals surface area contributed by atoms with Gasteiger partial charge in [-0.3, -0.25) is 0 Å². The number of hydrogen-bond acceptors (Lipinski definition) is 1. The normalized spacial score (nSPS) is 5.33. The Morgan fingerprint density at radius 1 is 1.83 bits per heavy atom. The first-order chi connectivity index (χ1) is 2.73. The molecule has 0 aliphatic heterocycles. The molecule has 3 heteroatoms. The van der Waals surface area contributed by atoms with Gasteiger partial charge in [-0.1, -0.05) is 6.92 Å². The summed E-state index contributed by atoms with van der Waals surface area (Å²) >= 11 is 2.22. The van der Waals surface area contributed by atoms with E-state index in [0.29, 0.717) is 0 Å². The first-order valence-electron chi connectivity index (χ1n) is 1.18. The van der Waals surface area contributed by atoms with E-state index in [1.807, 2.05) is 0 Å². The molecule has 0 aliphatic rings. The zero-order chi connectivity index (χ0) is 5.58. The molecule has 40 valence electrons. The Morgan fingerprint density at radius 3 is 1.83 bits per heavy atom. The van der Waals surface area contributed by atoms with Crippen LogP contribution < -0.4 is 5.11 Å². The third-order valence-corrected chi connectivity index (χ3v) is 0. The molecule has 0 saturated carbocycles. The predicted molar refractivity (Wildman–Crippen MR) is 20.7 cm³/mol. The molecule has 0 unspecified atom stereocenters. The minimum absolute atomic E-state index is 0.0833. The van der Waals surface area contributed by atoms with Crippen LogP contribution >= 0.6 is 9.53 Å². The van der Waals surface area contributed by atoms with Gasteiger partial charge in [-0.25, -0.2) is 0 Å². The summed E-state index contributed by atoms with van der Waals surface area (Å²) in [6, 6.07) is 0. The first kappa shape index (κ1) is 9.70. The van der Waals surface area contributed by atoms with Crippen LogP contribution in [0.2, 0.25) is 0 Å². The van der Waals surface area contributed by atoms with Crippen molar-refractivity contribution in [3.05, 3.63) is 12.3 Å². The summed E-state index contributed by atoms with van der Waals surface area (Å²) < 4.78 is 0. The van der Waals surface area contributed by atoms with Crippen molar-refractivity contribution in [3.8, 4) is 0 Å². The second-order valence-electron chi connectivity index (χ2n) is 0.702. The predicted octanol–water partition coefficient (Wildman–Crippen LogP) is 0.567. The zero-order valence-electron chi connectivity index (χ0n) is 3.31. The van der Waals surface area contributed by atoms with E-state index in [1.165, 1.54) is 6.92 Å². The van der Waals surface area contributed by atoms with Gasteiger partial charge < -0.3 is 5.11 Å². The van der Waals surface area contributed by atoms with E-state index in [9.17, 15) is 5.11 Å². The molecule has 0 bridgehead atoms. The van der Waals surface area contributed by atoms with Gasteiger partial charge >= 0.3 is 27.7 Å². The maximum atomic E-state index is 9.33. The minimum atomic E-state index is -0.0833. The average molecular weight is 199 g/mol. The summed E-state index contributed by atoms with van der Waals surface area (Å²) in [5, 5.41) is 9.33. The van der Waals surface area contributed by atoms with Crippen molar-refractivity contribution in [1.29, 1.82) is 0 Å². The standard InChI is InChI=1S/C3H6O.ClH.Pd/c1-3(2)4;;/h4H,1H2,2H3;1H;/q;;+2/p-2. The van der Waals surface area contributed by atoms with Crippen molar-refractivity contribution in [2.45, 2.75) is 6.92 Å². The molecule has 0 aromatic heterocycles.